The van der Waals surface area contributed by atoms with E-state index < -0.39 is 0 Å². The maximum Gasteiger partial charge on any atom is 0.195 e. The second-order valence-electron chi connectivity index (χ2n) is 4.90. The van der Waals surface area contributed by atoms with Gasteiger partial charge in [0, 0.05) is 24.9 Å². The number of aryl methyl sites for hydroxylation is 1. The van der Waals surface area contributed by atoms with Crippen LogP contribution < -0.4 is 5.73 Å². The van der Waals surface area contributed by atoms with E-state index in [9.17, 15) is 4.79 Å². The van der Waals surface area contributed by atoms with Gasteiger partial charge >= 0.3 is 0 Å². The van der Waals surface area contributed by atoms with Crippen LogP contribution in [0.5, 0.6) is 0 Å². The first kappa shape index (κ1) is 13.5. The zero-order valence-corrected chi connectivity index (χ0v) is 11.6. The largest absolute Gasteiger partial charge is 0.441 e. The van der Waals surface area contributed by atoms with E-state index in [1.165, 1.54) is 0 Å². The summed E-state index contributed by atoms with van der Waals surface area (Å²) in [7, 11) is 0. The first-order chi connectivity index (χ1) is 10.3. The molecule has 2 N–H and O–H groups in total. The summed E-state index contributed by atoms with van der Waals surface area (Å²) >= 11 is 0. The molecule has 106 valence electrons. The average molecular weight is 280 g/mol. The molecule has 3 aromatic rings. The van der Waals surface area contributed by atoms with Crippen LogP contribution in [0.25, 0.3) is 11.1 Å². The van der Waals surface area contributed by atoms with E-state index in [0.717, 1.165) is 22.2 Å². The molecule has 3 rings (SSSR count). The number of ketones is 1. The monoisotopic (exact) mass is 280 g/mol. The van der Waals surface area contributed by atoms with Crippen molar-refractivity contribution in [1.29, 1.82) is 0 Å². The van der Waals surface area contributed by atoms with Gasteiger partial charge in [-0.2, -0.15) is 0 Å². The predicted molar refractivity (Wildman–Crippen MR) is 81.0 cm³/mol. The van der Waals surface area contributed by atoms with Crippen molar-refractivity contribution in [3.8, 4) is 0 Å². The maximum absolute atomic E-state index is 12.0. The van der Waals surface area contributed by atoms with Gasteiger partial charge in [-0.3, -0.25) is 4.79 Å². The number of carbonyl (C=O) groups is 1. The lowest BCUT2D eigenvalue weighted by atomic mass is 10.1. The number of hydrogen-bond acceptors (Lipinski definition) is 4. The highest BCUT2D eigenvalue weighted by Crippen LogP contribution is 2.18. The lowest BCUT2D eigenvalue weighted by Gasteiger charge is -1.98. The summed E-state index contributed by atoms with van der Waals surface area (Å²) in [6.45, 7) is 0.477. The molecule has 0 amide bonds. The molecule has 4 nitrogen and oxygen atoms in total. The lowest BCUT2D eigenvalue weighted by molar-refractivity contribution is 0.0980. The standard InChI is InChI=1S/C17H16N2O2/c18-11-12-6-8-16-14(10-12)19-17(21-16)9-7-15(20)13-4-2-1-3-5-13/h1-6,8,10H,7,9,11,18H2. The number of Topliss-reactive ketones (excluding diaryl/α,β-unsaturated/α-hetero) is 1. The van der Waals surface area contributed by atoms with E-state index in [1.807, 2.05) is 48.5 Å². The molecule has 0 fully saturated rings. The first-order valence-electron chi connectivity index (χ1n) is 6.93. The summed E-state index contributed by atoms with van der Waals surface area (Å²) < 4.78 is 5.65. The van der Waals surface area contributed by atoms with Crippen molar-refractivity contribution in [2.45, 2.75) is 19.4 Å². The minimum atomic E-state index is 0.0977. The van der Waals surface area contributed by atoms with Crippen molar-refractivity contribution in [3.05, 3.63) is 65.5 Å². The van der Waals surface area contributed by atoms with Crippen molar-refractivity contribution in [2.75, 3.05) is 0 Å². The Kier molecular flexibility index (Phi) is 3.79. The second kappa shape index (κ2) is 5.89. The van der Waals surface area contributed by atoms with Gasteiger partial charge < -0.3 is 10.2 Å². The summed E-state index contributed by atoms with van der Waals surface area (Å²) in [5.41, 5.74) is 8.87. The van der Waals surface area contributed by atoms with Gasteiger partial charge in [-0.05, 0) is 17.7 Å². The number of fused-ring (bicyclic) bond motifs is 1. The van der Waals surface area contributed by atoms with Crippen molar-refractivity contribution in [3.63, 3.8) is 0 Å². The Morgan fingerprint density at radius 1 is 1.14 bits per heavy atom. The van der Waals surface area contributed by atoms with Crippen LogP contribution in [0.3, 0.4) is 0 Å². The SMILES string of the molecule is NCc1ccc2oc(CCC(=O)c3ccccc3)nc2c1. The number of nitrogens with zero attached hydrogens (tertiary/aromatic N) is 1. The number of hydrogen-bond donors (Lipinski definition) is 1. The van der Waals surface area contributed by atoms with E-state index in [0.29, 0.717) is 25.3 Å². The number of nitrogens with two attached hydrogens (primary N) is 1. The highest BCUT2D eigenvalue weighted by atomic mass is 16.3. The number of carbonyl (C=O) groups excluding carboxylic acids is 1. The molecule has 0 aliphatic carbocycles. The van der Waals surface area contributed by atoms with Crippen molar-refractivity contribution >= 4 is 16.9 Å². The molecule has 0 radical (unpaired) electrons. The minimum absolute atomic E-state index is 0.0977. The fourth-order valence-corrected chi connectivity index (χ4v) is 2.24. The van der Waals surface area contributed by atoms with Gasteiger partial charge in [0.05, 0.1) is 0 Å². The third-order valence-electron chi connectivity index (χ3n) is 3.39. The summed E-state index contributed by atoms with van der Waals surface area (Å²) in [4.78, 5) is 16.5. The van der Waals surface area contributed by atoms with Gasteiger partial charge in [-0.15, -0.1) is 0 Å². The molecule has 0 aliphatic rings. The first-order valence-corrected chi connectivity index (χ1v) is 6.93. The zero-order chi connectivity index (χ0) is 14.7. The molecule has 2 aromatic carbocycles. The molecular weight excluding hydrogens is 264 g/mol. The van der Waals surface area contributed by atoms with Crippen LogP contribution in [0.1, 0.15) is 28.2 Å². The van der Waals surface area contributed by atoms with Crippen LogP contribution in [0.15, 0.2) is 52.9 Å². The van der Waals surface area contributed by atoms with Crippen LogP contribution in [-0.4, -0.2) is 10.8 Å². The Morgan fingerprint density at radius 2 is 1.95 bits per heavy atom. The number of aromatic nitrogens is 1. The molecule has 0 atom stereocenters. The van der Waals surface area contributed by atoms with Crippen molar-refractivity contribution in [1.82, 2.24) is 4.98 Å². The van der Waals surface area contributed by atoms with Gasteiger partial charge in [0.2, 0.25) is 0 Å². The molecule has 1 aromatic heterocycles. The highest BCUT2D eigenvalue weighted by Gasteiger charge is 2.10. The molecule has 0 spiro atoms. The Hall–Kier alpha value is -2.46. The van der Waals surface area contributed by atoms with E-state index in [4.69, 9.17) is 10.2 Å². The quantitative estimate of drug-likeness (QED) is 0.729. The summed E-state index contributed by atoms with van der Waals surface area (Å²) in [6.07, 6.45) is 0.890. The summed E-state index contributed by atoms with van der Waals surface area (Å²) in [5, 5.41) is 0. The summed E-state index contributed by atoms with van der Waals surface area (Å²) in [6, 6.07) is 15.0. The van der Waals surface area contributed by atoms with E-state index in [-0.39, 0.29) is 5.78 Å². The van der Waals surface area contributed by atoms with Gasteiger partial charge in [-0.1, -0.05) is 36.4 Å². The molecule has 4 heteroatoms. The Balaban J connectivity index is 1.72. The van der Waals surface area contributed by atoms with E-state index in [1.54, 1.807) is 0 Å². The molecule has 0 bridgehead atoms. The molecule has 0 saturated carbocycles. The van der Waals surface area contributed by atoms with Crippen LogP contribution in [0.4, 0.5) is 0 Å². The lowest BCUT2D eigenvalue weighted by Crippen LogP contribution is -2.00. The third kappa shape index (κ3) is 3.01. The smallest absolute Gasteiger partial charge is 0.195 e. The Morgan fingerprint density at radius 3 is 2.71 bits per heavy atom. The van der Waals surface area contributed by atoms with Crippen LogP contribution in [-0.2, 0) is 13.0 Å². The van der Waals surface area contributed by atoms with Gasteiger partial charge in [0.15, 0.2) is 17.3 Å². The Bertz CT molecular complexity index is 763. The maximum atomic E-state index is 12.0. The number of oxazole rings is 1. The van der Waals surface area contributed by atoms with Crippen molar-refractivity contribution < 1.29 is 9.21 Å². The van der Waals surface area contributed by atoms with Crippen LogP contribution in [0.2, 0.25) is 0 Å². The minimum Gasteiger partial charge on any atom is -0.441 e. The van der Waals surface area contributed by atoms with Gasteiger partial charge in [-0.25, -0.2) is 4.98 Å². The van der Waals surface area contributed by atoms with Gasteiger partial charge in [0.25, 0.3) is 0 Å². The van der Waals surface area contributed by atoms with E-state index in [2.05, 4.69) is 4.98 Å². The molecule has 0 saturated heterocycles. The van der Waals surface area contributed by atoms with Gasteiger partial charge in [0.1, 0.15) is 5.52 Å². The Labute approximate surface area is 122 Å². The highest BCUT2D eigenvalue weighted by molar-refractivity contribution is 5.96. The van der Waals surface area contributed by atoms with Crippen LogP contribution >= 0.6 is 0 Å². The second-order valence-corrected chi connectivity index (χ2v) is 4.90. The fourth-order valence-electron chi connectivity index (χ4n) is 2.24. The molecule has 0 aliphatic heterocycles. The zero-order valence-electron chi connectivity index (χ0n) is 11.6. The number of rotatable bonds is 5. The molecule has 21 heavy (non-hydrogen) atoms. The van der Waals surface area contributed by atoms with Crippen molar-refractivity contribution in [2.24, 2.45) is 5.73 Å². The topological polar surface area (TPSA) is 69.1 Å². The average Bonchev–Trinajstić information content (AvgIpc) is 2.95. The molecule has 0 unspecified atom stereocenters. The molecular formula is C17H16N2O2. The number of benzene rings is 2. The summed E-state index contributed by atoms with van der Waals surface area (Å²) in [5.74, 6) is 0.684. The molecule has 1 heterocycles. The van der Waals surface area contributed by atoms with Crippen LogP contribution in [0, 0.1) is 0 Å². The predicted octanol–water partition coefficient (Wildman–Crippen LogP) is 3.10. The fraction of sp³-hybridized carbons (Fsp3) is 0.176. The third-order valence-corrected chi connectivity index (χ3v) is 3.39. The van der Waals surface area contributed by atoms with E-state index >= 15 is 0 Å². The normalized spacial score (nSPS) is 10.9.